The Morgan fingerprint density at radius 3 is 2.50 bits per heavy atom. The van der Waals surface area contributed by atoms with Crippen molar-refractivity contribution in [1.29, 1.82) is 0 Å². The number of carbonyl (C=O) groups is 1. The molecule has 1 aromatic heterocycles. The Morgan fingerprint density at radius 1 is 1.12 bits per heavy atom. The van der Waals surface area contributed by atoms with E-state index < -0.39 is 17.5 Å². The molecule has 0 bridgehead atoms. The highest BCUT2D eigenvalue weighted by atomic mass is 35.5. The van der Waals surface area contributed by atoms with Gasteiger partial charge in [0.05, 0.1) is 5.52 Å². The van der Waals surface area contributed by atoms with Crippen LogP contribution in [0.5, 0.6) is 0 Å². The third-order valence-electron chi connectivity index (χ3n) is 3.52. The van der Waals surface area contributed by atoms with Crippen molar-refractivity contribution >= 4 is 28.6 Å². The average molecular weight is 346 g/mol. The predicted octanol–water partition coefficient (Wildman–Crippen LogP) is 5.88. The van der Waals surface area contributed by atoms with Crippen LogP contribution in [0.2, 0.25) is 5.02 Å². The van der Waals surface area contributed by atoms with E-state index in [0.29, 0.717) is 21.7 Å². The van der Waals surface area contributed by atoms with Gasteiger partial charge in [0, 0.05) is 27.7 Å². The van der Waals surface area contributed by atoms with E-state index >= 15 is 0 Å². The lowest BCUT2D eigenvalue weighted by molar-refractivity contribution is 0.0544. The summed E-state index contributed by atoms with van der Waals surface area (Å²) in [7, 11) is 0. The van der Waals surface area contributed by atoms with E-state index in [0.717, 1.165) is 5.39 Å². The Balaban J connectivity index is 2.18. The van der Waals surface area contributed by atoms with Crippen LogP contribution in [0, 0.1) is 5.82 Å². The number of nitrogens with zero attached hydrogens (tertiary/aromatic N) is 1. The lowest BCUT2D eigenvalue weighted by Crippen LogP contribution is -2.26. The topological polar surface area (TPSA) is 31.2 Å². The van der Waals surface area contributed by atoms with Gasteiger partial charge in [0.1, 0.15) is 11.4 Å². The molecule has 0 atom stereocenters. The molecule has 0 N–H and O–H groups in total. The number of ether oxygens (including phenoxy) is 1. The molecule has 0 aliphatic carbocycles. The first-order valence-electron chi connectivity index (χ1n) is 7.55. The molecule has 1 heterocycles. The van der Waals surface area contributed by atoms with E-state index in [1.807, 2.05) is 18.2 Å². The van der Waals surface area contributed by atoms with Crippen molar-refractivity contribution in [3.63, 3.8) is 0 Å². The molecule has 0 saturated carbocycles. The van der Waals surface area contributed by atoms with E-state index in [-0.39, 0.29) is 0 Å². The third kappa shape index (κ3) is 3.15. The SMILES string of the molecule is CC(C)(C)OC(=O)n1cc(-c2ccc(Cl)cc2F)c2ccccc21. The molecule has 0 radical (unpaired) electrons. The maximum atomic E-state index is 14.3. The summed E-state index contributed by atoms with van der Waals surface area (Å²) in [6.07, 6.45) is 1.10. The highest BCUT2D eigenvalue weighted by molar-refractivity contribution is 6.30. The first-order valence-corrected chi connectivity index (χ1v) is 7.93. The molecule has 2 aromatic carbocycles. The number of hydrogen-bond donors (Lipinski definition) is 0. The second-order valence-electron chi connectivity index (χ2n) is 6.53. The molecule has 0 fully saturated rings. The summed E-state index contributed by atoms with van der Waals surface area (Å²) in [6.45, 7) is 5.41. The van der Waals surface area contributed by atoms with Crippen LogP contribution in [0.3, 0.4) is 0 Å². The van der Waals surface area contributed by atoms with Crippen LogP contribution in [0.1, 0.15) is 20.8 Å². The zero-order valence-corrected chi connectivity index (χ0v) is 14.4. The van der Waals surface area contributed by atoms with Gasteiger partial charge in [-0.05, 0) is 45.0 Å². The van der Waals surface area contributed by atoms with Gasteiger partial charge in [0.15, 0.2) is 0 Å². The number of rotatable bonds is 1. The van der Waals surface area contributed by atoms with Crippen molar-refractivity contribution < 1.29 is 13.9 Å². The quantitative estimate of drug-likeness (QED) is 0.551. The van der Waals surface area contributed by atoms with Gasteiger partial charge in [0.2, 0.25) is 0 Å². The second-order valence-corrected chi connectivity index (χ2v) is 6.97. The normalized spacial score (nSPS) is 11.7. The summed E-state index contributed by atoms with van der Waals surface area (Å²) in [6, 6.07) is 11.8. The first-order chi connectivity index (χ1) is 11.3. The van der Waals surface area contributed by atoms with Crippen LogP contribution in [0.4, 0.5) is 9.18 Å². The number of fused-ring (bicyclic) bond motifs is 1. The Hall–Kier alpha value is -2.33. The van der Waals surface area contributed by atoms with Crippen molar-refractivity contribution in [1.82, 2.24) is 4.57 Å². The molecule has 3 aromatic rings. The molecular formula is C19H17ClFNO2. The van der Waals surface area contributed by atoms with Crippen LogP contribution in [0.25, 0.3) is 22.0 Å². The smallest absolute Gasteiger partial charge is 0.419 e. The summed E-state index contributed by atoms with van der Waals surface area (Å²) in [4.78, 5) is 12.5. The average Bonchev–Trinajstić information content (AvgIpc) is 2.85. The molecule has 5 heteroatoms. The van der Waals surface area contributed by atoms with E-state index in [2.05, 4.69) is 0 Å². The van der Waals surface area contributed by atoms with Crippen molar-refractivity contribution in [2.45, 2.75) is 26.4 Å². The number of hydrogen-bond acceptors (Lipinski definition) is 2. The molecule has 0 spiro atoms. The molecule has 0 aliphatic rings. The fourth-order valence-corrected chi connectivity index (χ4v) is 2.72. The standard InChI is InChI=1S/C19H17ClFNO2/c1-19(2,3)24-18(23)22-11-15(14-6-4-5-7-17(14)22)13-9-8-12(20)10-16(13)21/h4-11H,1-3H3. The Morgan fingerprint density at radius 2 is 1.83 bits per heavy atom. The van der Waals surface area contributed by atoms with Crippen molar-refractivity contribution in [2.24, 2.45) is 0 Å². The van der Waals surface area contributed by atoms with Gasteiger partial charge in [-0.25, -0.2) is 9.18 Å². The summed E-state index contributed by atoms with van der Waals surface area (Å²) in [5.41, 5.74) is 1.05. The minimum absolute atomic E-state index is 0.326. The summed E-state index contributed by atoms with van der Waals surface area (Å²) < 4.78 is 21.2. The van der Waals surface area contributed by atoms with E-state index in [1.165, 1.54) is 10.6 Å². The molecule has 0 unspecified atom stereocenters. The third-order valence-corrected chi connectivity index (χ3v) is 3.76. The lowest BCUT2D eigenvalue weighted by atomic mass is 10.0. The number of halogens is 2. The maximum absolute atomic E-state index is 14.3. The number of aromatic nitrogens is 1. The number of benzene rings is 2. The van der Waals surface area contributed by atoms with Crippen LogP contribution >= 0.6 is 11.6 Å². The van der Waals surface area contributed by atoms with Crippen molar-refractivity contribution in [2.75, 3.05) is 0 Å². The molecule has 24 heavy (non-hydrogen) atoms. The van der Waals surface area contributed by atoms with Gasteiger partial charge < -0.3 is 4.74 Å². The Labute approximate surface area is 144 Å². The minimum atomic E-state index is -0.617. The fourth-order valence-electron chi connectivity index (χ4n) is 2.56. The largest absolute Gasteiger partial charge is 0.443 e. The van der Waals surface area contributed by atoms with Crippen LogP contribution in [-0.4, -0.2) is 16.3 Å². The molecule has 0 amide bonds. The second kappa shape index (κ2) is 5.95. The van der Waals surface area contributed by atoms with Crippen molar-refractivity contribution in [3.05, 3.63) is 59.5 Å². The highest BCUT2D eigenvalue weighted by Gasteiger charge is 2.21. The zero-order chi connectivity index (χ0) is 17.5. The van der Waals surface area contributed by atoms with E-state index in [1.54, 1.807) is 45.2 Å². The van der Waals surface area contributed by atoms with Gasteiger partial charge in [-0.1, -0.05) is 29.8 Å². The van der Waals surface area contributed by atoms with Gasteiger partial charge >= 0.3 is 6.09 Å². The number of carbonyl (C=O) groups excluding carboxylic acids is 1. The molecule has 124 valence electrons. The lowest BCUT2D eigenvalue weighted by Gasteiger charge is -2.19. The van der Waals surface area contributed by atoms with Gasteiger partial charge in [-0.15, -0.1) is 0 Å². The number of para-hydroxylation sites is 1. The van der Waals surface area contributed by atoms with E-state index in [9.17, 15) is 9.18 Å². The van der Waals surface area contributed by atoms with Crippen molar-refractivity contribution in [3.8, 4) is 11.1 Å². The highest BCUT2D eigenvalue weighted by Crippen LogP contribution is 2.33. The van der Waals surface area contributed by atoms with Gasteiger partial charge in [0.25, 0.3) is 0 Å². The fraction of sp³-hybridized carbons (Fsp3) is 0.211. The Kier molecular flexibility index (Phi) is 4.10. The molecule has 3 rings (SSSR count). The predicted molar refractivity (Wildman–Crippen MR) is 94.0 cm³/mol. The summed E-state index contributed by atoms with van der Waals surface area (Å²) in [5.74, 6) is -0.436. The maximum Gasteiger partial charge on any atom is 0.419 e. The van der Waals surface area contributed by atoms with Crippen LogP contribution < -0.4 is 0 Å². The molecule has 0 saturated heterocycles. The summed E-state index contributed by atoms with van der Waals surface area (Å²) >= 11 is 5.83. The van der Waals surface area contributed by atoms with Crippen LogP contribution in [0.15, 0.2) is 48.7 Å². The van der Waals surface area contributed by atoms with Gasteiger partial charge in [-0.3, -0.25) is 4.57 Å². The summed E-state index contributed by atoms with van der Waals surface area (Å²) in [5, 5.41) is 1.09. The monoisotopic (exact) mass is 345 g/mol. The molecule has 0 aliphatic heterocycles. The van der Waals surface area contributed by atoms with Crippen LogP contribution in [-0.2, 0) is 4.74 Å². The minimum Gasteiger partial charge on any atom is -0.443 e. The zero-order valence-electron chi connectivity index (χ0n) is 13.6. The Bertz CT molecular complexity index is 925. The first kappa shape index (κ1) is 16.5. The van der Waals surface area contributed by atoms with E-state index in [4.69, 9.17) is 16.3 Å². The molecule has 3 nitrogen and oxygen atoms in total. The van der Waals surface area contributed by atoms with Gasteiger partial charge in [-0.2, -0.15) is 0 Å². The molecular weight excluding hydrogens is 329 g/mol.